The molecular weight excluding hydrogens is 306 g/mol. The highest BCUT2D eigenvalue weighted by atomic mass is 16.6. The average Bonchev–Trinajstić information content (AvgIpc) is 2.57. The van der Waals surface area contributed by atoms with Crippen LogP contribution in [-0.2, 0) is 9.53 Å². The van der Waals surface area contributed by atoms with Crippen LogP contribution in [0.2, 0.25) is 0 Å². The Morgan fingerprint density at radius 3 is 2.54 bits per heavy atom. The van der Waals surface area contributed by atoms with E-state index >= 15 is 0 Å². The molecular formula is C18H28N3O3+. The molecule has 0 unspecified atom stereocenters. The first-order valence-corrected chi connectivity index (χ1v) is 8.56. The summed E-state index contributed by atoms with van der Waals surface area (Å²) in [6.45, 7) is 10.9. The SMILES string of the molecule is CCOC(=O)N1CC[NH+]([C@@H](C)C(=O)Nc2ccc(C)cc2C)CC1. The second-order valence-electron chi connectivity index (χ2n) is 6.37. The van der Waals surface area contributed by atoms with Crippen molar-refractivity contribution in [3.63, 3.8) is 0 Å². The highest BCUT2D eigenvalue weighted by Gasteiger charge is 2.31. The third-order valence-electron chi connectivity index (χ3n) is 4.58. The number of hydrogen-bond donors (Lipinski definition) is 2. The molecule has 1 fully saturated rings. The van der Waals surface area contributed by atoms with Gasteiger partial charge in [0, 0.05) is 5.69 Å². The molecule has 1 heterocycles. The van der Waals surface area contributed by atoms with E-state index in [0.29, 0.717) is 19.7 Å². The lowest BCUT2D eigenvalue weighted by Crippen LogP contribution is -3.19. The monoisotopic (exact) mass is 334 g/mol. The molecule has 2 amide bonds. The third kappa shape index (κ3) is 4.47. The van der Waals surface area contributed by atoms with Crippen molar-refractivity contribution in [2.75, 3.05) is 38.1 Å². The number of carbonyl (C=O) groups excluding carboxylic acids is 2. The van der Waals surface area contributed by atoms with E-state index in [1.54, 1.807) is 11.8 Å². The smallest absolute Gasteiger partial charge is 0.410 e. The Morgan fingerprint density at radius 2 is 1.96 bits per heavy atom. The zero-order valence-corrected chi connectivity index (χ0v) is 15.0. The standard InChI is InChI=1S/C18H27N3O3/c1-5-24-18(23)21-10-8-20(9-11-21)15(4)17(22)19-16-7-6-13(2)12-14(16)3/h6-7,12,15H,5,8-11H2,1-4H3,(H,19,22)/p+1/t15-/m0/s1. The van der Waals surface area contributed by atoms with Gasteiger partial charge in [-0.15, -0.1) is 0 Å². The van der Waals surface area contributed by atoms with Gasteiger partial charge in [-0.3, -0.25) is 9.69 Å². The van der Waals surface area contributed by atoms with E-state index in [2.05, 4.69) is 11.4 Å². The maximum atomic E-state index is 12.5. The van der Waals surface area contributed by atoms with Gasteiger partial charge < -0.3 is 15.0 Å². The minimum absolute atomic E-state index is 0.0153. The first-order chi connectivity index (χ1) is 11.4. The van der Waals surface area contributed by atoms with Gasteiger partial charge in [0.15, 0.2) is 6.04 Å². The maximum absolute atomic E-state index is 12.5. The van der Waals surface area contributed by atoms with E-state index in [9.17, 15) is 9.59 Å². The summed E-state index contributed by atoms with van der Waals surface area (Å²) in [4.78, 5) is 27.2. The first-order valence-electron chi connectivity index (χ1n) is 8.56. The number of nitrogens with zero attached hydrogens (tertiary/aromatic N) is 1. The Bertz CT molecular complexity index is 595. The molecule has 1 aliphatic rings. The molecule has 132 valence electrons. The molecule has 1 aromatic carbocycles. The fourth-order valence-electron chi connectivity index (χ4n) is 3.00. The van der Waals surface area contributed by atoms with Gasteiger partial charge in [0.1, 0.15) is 0 Å². The topological polar surface area (TPSA) is 63.1 Å². The van der Waals surface area contributed by atoms with Gasteiger partial charge in [0.05, 0.1) is 32.8 Å². The average molecular weight is 334 g/mol. The molecule has 0 aliphatic carbocycles. The van der Waals surface area contributed by atoms with Crippen molar-refractivity contribution in [3.8, 4) is 0 Å². The summed E-state index contributed by atoms with van der Waals surface area (Å²) in [6.07, 6.45) is -0.260. The molecule has 6 nitrogen and oxygen atoms in total. The number of nitrogens with one attached hydrogen (secondary N) is 2. The van der Waals surface area contributed by atoms with Crippen molar-refractivity contribution in [1.82, 2.24) is 4.90 Å². The number of carbonyl (C=O) groups is 2. The number of ether oxygens (including phenoxy) is 1. The fourth-order valence-corrected chi connectivity index (χ4v) is 3.00. The van der Waals surface area contributed by atoms with Crippen molar-refractivity contribution in [3.05, 3.63) is 29.3 Å². The normalized spacial score (nSPS) is 16.6. The summed E-state index contributed by atoms with van der Waals surface area (Å²) in [5, 5.41) is 3.02. The van der Waals surface area contributed by atoms with Crippen LogP contribution in [-0.4, -0.2) is 55.7 Å². The van der Waals surface area contributed by atoms with Crippen LogP contribution in [0.25, 0.3) is 0 Å². The fraction of sp³-hybridized carbons (Fsp3) is 0.556. The summed E-state index contributed by atoms with van der Waals surface area (Å²) in [6, 6.07) is 5.85. The van der Waals surface area contributed by atoms with Crippen LogP contribution in [0, 0.1) is 13.8 Å². The Kier molecular flexibility index (Phi) is 6.20. The molecule has 0 radical (unpaired) electrons. The third-order valence-corrected chi connectivity index (χ3v) is 4.58. The second-order valence-corrected chi connectivity index (χ2v) is 6.37. The second kappa shape index (κ2) is 8.15. The molecule has 24 heavy (non-hydrogen) atoms. The largest absolute Gasteiger partial charge is 0.450 e. The van der Waals surface area contributed by atoms with Crippen molar-refractivity contribution >= 4 is 17.7 Å². The minimum Gasteiger partial charge on any atom is -0.450 e. The van der Waals surface area contributed by atoms with Gasteiger partial charge in [0.2, 0.25) is 0 Å². The number of rotatable bonds is 4. The number of anilines is 1. The van der Waals surface area contributed by atoms with E-state index < -0.39 is 0 Å². The van der Waals surface area contributed by atoms with Crippen molar-refractivity contribution < 1.29 is 19.2 Å². The summed E-state index contributed by atoms with van der Waals surface area (Å²) < 4.78 is 5.02. The zero-order valence-electron chi connectivity index (χ0n) is 15.0. The van der Waals surface area contributed by atoms with Gasteiger partial charge in [-0.1, -0.05) is 17.7 Å². The van der Waals surface area contributed by atoms with Crippen LogP contribution in [0.15, 0.2) is 18.2 Å². The number of quaternary nitrogens is 1. The number of amides is 2. The Labute approximate surface area is 143 Å². The molecule has 1 atom stereocenters. The molecule has 0 spiro atoms. The van der Waals surface area contributed by atoms with Gasteiger partial charge in [-0.25, -0.2) is 4.79 Å². The Balaban J connectivity index is 1.89. The molecule has 1 aromatic rings. The lowest BCUT2D eigenvalue weighted by atomic mass is 10.1. The number of benzene rings is 1. The van der Waals surface area contributed by atoms with Gasteiger partial charge in [0.25, 0.3) is 5.91 Å². The number of hydrogen-bond acceptors (Lipinski definition) is 3. The summed E-state index contributed by atoms with van der Waals surface area (Å²) in [5.41, 5.74) is 3.11. The molecule has 2 N–H and O–H groups in total. The molecule has 0 aromatic heterocycles. The molecule has 1 saturated heterocycles. The molecule has 6 heteroatoms. The van der Waals surface area contributed by atoms with Crippen LogP contribution in [0.4, 0.5) is 10.5 Å². The van der Waals surface area contributed by atoms with Gasteiger partial charge in [-0.2, -0.15) is 0 Å². The maximum Gasteiger partial charge on any atom is 0.410 e. The van der Waals surface area contributed by atoms with Crippen LogP contribution >= 0.6 is 0 Å². The Hall–Kier alpha value is -2.08. The van der Waals surface area contributed by atoms with Crippen LogP contribution in [0.3, 0.4) is 0 Å². The van der Waals surface area contributed by atoms with Crippen molar-refractivity contribution in [1.29, 1.82) is 0 Å². The van der Waals surface area contributed by atoms with Gasteiger partial charge >= 0.3 is 6.09 Å². The van der Waals surface area contributed by atoms with Crippen LogP contribution in [0.1, 0.15) is 25.0 Å². The van der Waals surface area contributed by atoms with E-state index in [4.69, 9.17) is 4.74 Å². The van der Waals surface area contributed by atoms with E-state index in [0.717, 1.165) is 24.3 Å². The van der Waals surface area contributed by atoms with E-state index in [1.165, 1.54) is 10.5 Å². The predicted octanol–water partition coefficient (Wildman–Crippen LogP) is 0.987. The van der Waals surface area contributed by atoms with Crippen LogP contribution in [0.5, 0.6) is 0 Å². The van der Waals surface area contributed by atoms with Crippen molar-refractivity contribution in [2.24, 2.45) is 0 Å². The lowest BCUT2D eigenvalue weighted by molar-refractivity contribution is -0.917. The quantitative estimate of drug-likeness (QED) is 0.863. The number of aryl methyl sites for hydroxylation is 2. The minimum atomic E-state index is -0.260. The number of piperazine rings is 1. The molecule has 0 saturated carbocycles. The molecule has 0 bridgehead atoms. The highest BCUT2D eigenvalue weighted by molar-refractivity contribution is 5.94. The van der Waals surface area contributed by atoms with E-state index in [1.807, 2.05) is 32.9 Å². The highest BCUT2D eigenvalue weighted by Crippen LogP contribution is 2.16. The summed E-state index contributed by atoms with van der Waals surface area (Å²) in [7, 11) is 0. The first kappa shape index (κ1) is 18.3. The molecule has 2 rings (SSSR count). The summed E-state index contributed by atoms with van der Waals surface area (Å²) >= 11 is 0. The predicted molar refractivity (Wildman–Crippen MR) is 93.3 cm³/mol. The lowest BCUT2D eigenvalue weighted by Gasteiger charge is -2.34. The van der Waals surface area contributed by atoms with Crippen molar-refractivity contribution in [2.45, 2.75) is 33.7 Å². The Morgan fingerprint density at radius 1 is 1.29 bits per heavy atom. The molecule has 1 aliphatic heterocycles. The van der Waals surface area contributed by atoms with Crippen LogP contribution < -0.4 is 10.2 Å². The zero-order chi connectivity index (χ0) is 17.7. The summed E-state index contributed by atoms with van der Waals surface area (Å²) in [5.74, 6) is 0.0153. The van der Waals surface area contributed by atoms with Gasteiger partial charge in [-0.05, 0) is 39.3 Å². The van der Waals surface area contributed by atoms with E-state index in [-0.39, 0.29) is 18.0 Å².